The van der Waals surface area contributed by atoms with Gasteiger partial charge in [-0.15, -0.1) is 0 Å². The van der Waals surface area contributed by atoms with Gasteiger partial charge in [0.15, 0.2) is 0 Å². The van der Waals surface area contributed by atoms with Crippen molar-refractivity contribution in [2.75, 3.05) is 6.54 Å². The molecule has 0 fully saturated rings. The van der Waals surface area contributed by atoms with Crippen LogP contribution in [0, 0.1) is 0 Å². The monoisotopic (exact) mass is 239 g/mol. The van der Waals surface area contributed by atoms with Gasteiger partial charge in [-0.2, -0.15) is 5.10 Å². The zero-order valence-corrected chi connectivity index (χ0v) is 9.81. The average Bonchev–Trinajstić information content (AvgIpc) is 2.89. The first-order valence-electron chi connectivity index (χ1n) is 5.20. The van der Waals surface area contributed by atoms with Crippen LogP contribution in [0.25, 0.3) is 0 Å². The smallest absolute Gasteiger partial charge is 0.120 e. The predicted molar refractivity (Wildman–Crippen MR) is 62.4 cm³/mol. The molecule has 1 atom stereocenters. The van der Waals surface area contributed by atoms with E-state index in [2.05, 4.69) is 17.3 Å². The molecule has 86 valence electrons. The second kappa shape index (κ2) is 5.18. The van der Waals surface area contributed by atoms with Crippen LogP contribution in [0.4, 0.5) is 0 Å². The van der Waals surface area contributed by atoms with E-state index in [4.69, 9.17) is 16.0 Å². The third-order valence-corrected chi connectivity index (χ3v) is 2.56. The van der Waals surface area contributed by atoms with Gasteiger partial charge in [0.2, 0.25) is 0 Å². The Morgan fingerprint density at radius 1 is 1.62 bits per heavy atom. The third-order valence-electron chi connectivity index (χ3n) is 2.36. The topological polar surface area (TPSA) is 43.0 Å². The molecule has 2 aromatic rings. The van der Waals surface area contributed by atoms with Crippen LogP contribution in [0.2, 0.25) is 5.02 Å². The van der Waals surface area contributed by atoms with Gasteiger partial charge >= 0.3 is 0 Å². The van der Waals surface area contributed by atoms with Crippen LogP contribution in [-0.4, -0.2) is 16.3 Å². The Kier molecular flexibility index (Phi) is 3.64. The summed E-state index contributed by atoms with van der Waals surface area (Å²) in [5, 5.41) is 8.11. The number of furan rings is 1. The molecular formula is C11H14ClN3O. The zero-order chi connectivity index (χ0) is 11.4. The van der Waals surface area contributed by atoms with Gasteiger partial charge in [-0.25, -0.2) is 0 Å². The molecule has 0 aliphatic carbocycles. The quantitative estimate of drug-likeness (QED) is 0.872. The summed E-state index contributed by atoms with van der Waals surface area (Å²) in [4.78, 5) is 0. The van der Waals surface area contributed by atoms with Crippen LogP contribution < -0.4 is 5.32 Å². The van der Waals surface area contributed by atoms with Gasteiger partial charge in [-0.3, -0.25) is 4.68 Å². The zero-order valence-electron chi connectivity index (χ0n) is 9.06. The first-order valence-corrected chi connectivity index (χ1v) is 5.58. The fraction of sp³-hybridized carbons (Fsp3) is 0.364. The molecule has 1 N–H and O–H groups in total. The fourth-order valence-electron chi connectivity index (χ4n) is 1.49. The number of nitrogens with zero attached hydrogens (tertiary/aromatic N) is 2. The standard InChI is InChI=1S/C11H14ClN3O/c1-9(11-3-2-6-16-11)13-4-5-15-8-10(12)7-14-15/h2-3,6-9,13H,4-5H2,1H3. The SMILES string of the molecule is CC(NCCn1cc(Cl)cn1)c1ccco1. The van der Waals surface area contributed by atoms with Crippen molar-refractivity contribution in [3.8, 4) is 0 Å². The Labute approximate surface area is 99.2 Å². The molecular weight excluding hydrogens is 226 g/mol. The predicted octanol–water partition coefficient (Wildman–Crippen LogP) is 2.48. The molecule has 0 bridgehead atoms. The normalized spacial score (nSPS) is 12.9. The lowest BCUT2D eigenvalue weighted by Gasteiger charge is -2.10. The number of aromatic nitrogens is 2. The van der Waals surface area contributed by atoms with Crippen molar-refractivity contribution >= 4 is 11.6 Å². The Morgan fingerprint density at radius 3 is 3.12 bits per heavy atom. The maximum absolute atomic E-state index is 5.76. The van der Waals surface area contributed by atoms with Gasteiger partial charge < -0.3 is 9.73 Å². The Hall–Kier alpha value is -1.26. The number of halogens is 1. The summed E-state index contributed by atoms with van der Waals surface area (Å²) in [6, 6.07) is 4.06. The summed E-state index contributed by atoms with van der Waals surface area (Å²) < 4.78 is 7.11. The van der Waals surface area contributed by atoms with Gasteiger partial charge in [0, 0.05) is 12.7 Å². The molecule has 5 heteroatoms. The molecule has 0 aliphatic rings. The minimum absolute atomic E-state index is 0.209. The van der Waals surface area contributed by atoms with E-state index in [1.54, 1.807) is 18.7 Å². The van der Waals surface area contributed by atoms with E-state index >= 15 is 0 Å². The molecule has 1 unspecified atom stereocenters. The van der Waals surface area contributed by atoms with Crippen LogP contribution >= 0.6 is 11.6 Å². The first-order chi connectivity index (χ1) is 7.75. The fourth-order valence-corrected chi connectivity index (χ4v) is 1.65. The highest BCUT2D eigenvalue weighted by Crippen LogP contribution is 2.11. The van der Waals surface area contributed by atoms with E-state index in [1.165, 1.54) is 0 Å². The Balaban J connectivity index is 1.76. The Morgan fingerprint density at radius 2 is 2.50 bits per heavy atom. The maximum atomic E-state index is 5.76. The average molecular weight is 240 g/mol. The van der Waals surface area contributed by atoms with Gasteiger partial charge in [0.05, 0.1) is 30.1 Å². The Bertz CT molecular complexity index is 424. The first kappa shape index (κ1) is 11.2. The van der Waals surface area contributed by atoms with E-state index in [1.807, 2.05) is 16.8 Å². The van der Waals surface area contributed by atoms with Crippen molar-refractivity contribution in [3.63, 3.8) is 0 Å². The van der Waals surface area contributed by atoms with Crippen molar-refractivity contribution in [2.24, 2.45) is 0 Å². The van der Waals surface area contributed by atoms with Crippen LogP contribution in [0.15, 0.2) is 35.2 Å². The molecule has 2 heterocycles. The highest BCUT2D eigenvalue weighted by atomic mass is 35.5. The molecule has 0 saturated heterocycles. The summed E-state index contributed by atoms with van der Waals surface area (Å²) in [7, 11) is 0. The second-order valence-electron chi connectivity index (χ2n) is 3.61. The molecule has 0 aliphatic heterocycles. The lowest BCUT2D eigenvalue weighted by Crippen LogP contribution is -2.23. The number of hydrogen-bond acceptors (Lipinski definition) is 3. The minimum atomic E-state index is 0.209. The molecule has 0 radical (unpaired) electrons. The molecule has 16 heavy (non-hydrogen) atoms. The summed E-state index contributed by atoms with van der Waals surface area (Å²) >= 11 is 5.76. The number of hydrogen-bond donors (Lipinski definition) is 1. The molecule has 0 aromatic carbocycles. The van der Waals surface area contributed by atoms with E-state index in [0.29, 0.717) is 5.02 Å². The van der Waals surface area contributed by atoms with E-state index in [0.717, 1.165) is 18.8 Å². The van der Waals surface area contributed by atoms with Crippen molar-refractivity contribution < 1.29 is 4.42 Å². The van der Waals surface area contributed by atoms with E-state index < -0.39 is 0 Å². The van der Waals surface area contributed by atoms with Crippen LogP contribution in [0.3, 0.4) is 0 Å². The summed E-state index contributed by atoms with van der Waals surface area (Å²) in [5.74, 6) is 0.943. The van der Waals surface area contributed by atoms with E-state index in [9.17, 15) is 0 Å². The summed E-state index contributed by atoms with van der Waals surface area (Å²) in [6.45, 7) is 3.67. The highest BCUT2D eigenvalue weighted by Gasteiger charge is 2.06. The van der Waals surface area contributed by atoms with Gasteiger partial charge in [0.1, 0.15) is 5.76 Å². The van der Waals surface area contributed by atoms with Gasteiger partial charge in [-0.1, -0.05) is 11.6 Å². The van der Waals surface area contributed by atoms with Crippen LogP contribution in [-0.2, 0) is 6.54 Å². The van der Waals surface area contributed by atoms with Crippen molar-refractivity contribution in [1.82, 2.24) is 15.1 Å². The molecule has 4 nitrogen and oxygen atoms in total. The largest absolute Gasteiger partial charge is 0.468 e. The summed E-state index contributed by atoms with van der Waals surface area (Å²) in [6.07, 6.45) is 5.12. The van der Waals surface area contributed by atoms with Crippen molar-refractivity contribution in [3.05, 3.63) is 41.6 Å². The lowest BCUT2D eigenvalue weighted by molar-refractivity contribution is 0.419. The highest BCUT2D eigenvalue weighted by molar-refractivity contribution is 6.30. The van der Waals surface area contributed by atoms with Crippen LogP contribution in [0.5, 0.6) is 0 Å². The second-order valence-corrected chi connectivity index (χ2v) is 4.05. The molecule has 0 spiro atoms. The molecule has 2 aromatic heterocycles. The molecule has 2 rings (SSSR count). The van der Waals surface area contributed by atoms with Crippen LogP contribution in [0.1, 0.15) is 18.7 Å². The molecule has 0 amide bonds. The molecule has 0 saturated carbocycles. The number of rotatable bonds is 5. The summed E-state index contributed by atoms with van der Waals surface area (Å²) in [5.41, 5.74) is 0. The number of nitrogens with one attached hydrogen (secondary N) is 1. The van der Waals surface area contributed by atoms with E-state index in [-0.39, 0.29) is 6.04 Å². The van der Waals surface area contributed by atoms with Gasteiger partial charge in [0.25, 0.3) is 0 Å². The van der Waals surface area contributed by atoms with Gasteiger partial charge in [-0.05, 0) is 19.1 Å². The lowest BCUT2D eigenvalue weighted by atomic mass is 10.2. The van der Waals surface area contributed by atoms with Crippen molar-refractivity contribution in [1.29, 1.82) is 0 Å². The third kappa shape index (κ3) is 2.87. The minimum Gasteiger partial charge on any atom is -0.468 e. The maximum Gasteiger partial charge on any atom is 0.120 e. The van der Waals surface area contributed by atoms with Crippen molar-refractivity contribution in [2.45, 2.75) is 19.5 Å².